The highest BCUT2D eigenvalue weighted by molar-refractivity contribution is 5.70. The van der Waals surface area contributed by atoms with Crippen molar-refractivity contribution in [1.82, 2.24) is 10.2 Å². The molecule has 2 rings (SSSR count). The minimum Gasteiger partial charge on any atom is -0.410 e. The lowest BCUT2D eigenvalue weighted by molar-refractivity contribution is 0.134. The number of nitrogens with one attached hydrogen (secondary N) is 1. The predicted molar refractivity (Wildman–Crippen MR) is 72.1 cm³/mol. The minimum atomic E-state index is -0.408. The lowest BCUT2D eigenvalue weighted by Gasteiger charge is -2.24. The second-order valence-corrected chi connectivity index (χ2v) is 4.64. The third-order valence-electron chi connectivity index (χ3n) is 3.18. The average molecular weight is 264 g/mol. The quantitative estimate of drug-likeness (QED) is 0.839. The number of nitrogens with zero attached hydrogens (tertiary/aromatic N) is 1. The number of hydrogen-bond donors (Lipinski definition) is 2. The van der Waals surface area contributed by atoms with Gasteiger partial charge in [-0.15, -0.1) is 0 Å². The molecule has 1 atom stereocenters. The fourth-order valence-corrected chi connectivity index (χ4v) is 2.21. The summed E-state index contributed by atoms with van der Waals surface area (Å²) in [6.45, 7) is 1.80. The smallest absolute Gasteiger partial charge is 0.410 e. The molecule has 1 aliphatic rings. The molecule has 0 aromatic heterocycles. The van der Waals surface area contributed by atoms with E-state index in [0.717, 1.165) is 19.4 Å². The third-order valence-corrected chi connectivity index (χ3v) is 3.18. The van der Waals surface area contributed by atoms with Crippen molar-refractivity contribution < 1.29 is 14.6 Å². The molecule has 1 aromatic rings. The molecule has 0 aliphatic carbocycles. The molecule has 19 heavy (non-hydrogen) atoms. The second kappa shape index (κ2) is 7.11. The number of rotatable bonds is 5. The van der Waals surface area contributed by atoms with Crippen molar-refractivity contribution in [2.45, 2.75) is 18.9 Å². The van der Waals surface area contributed by atoms with Crippen LogP contribution in [0, 0.1) is 0 Å². The maximum absolute atomic E-state index is 12.1. The lowest BCUT2D eigenvalue weighted by Crippen LogP contribution is -2.43. The number of aliphatic hydroxyl groups is 1. The summed E-state index contributed by atoms with van der Waals surface area (Å²) in [5.74, 6) is 0.523. The van der Waals surface area contributed by atoms with Crippen LogP contribution in [0.2, 0.25) is 0 Å². The molecule has 1 amide bonds. The molecule has 2 N–H and O–H groups in total. The Bertz CT molecular complexity index is 391. The first-order valence-electron chi connectivity index (χ1n) is 6.65. The van der Waals surface area contributed by atoms with E-state index in [1.807, 2.05) is 18.2 Å². The van der Waals surface area contributed by atoms with Gasteiger partial charge in [-0.1, -0.05) is 18.2 Å². The maximum atomic E-state index is 12.1. The van der Waals surface area contributed by atoms with Crippen LogP contribution in [0.25, 0.3) is 0 Å². The Morgan fingerprint density at radius 3 is 2.84 bits per heavy atom. The van der Waals surface area contributed by atoms with E-state index in [2.05, 4.69) is 5.32 Å². The molecule has 1 fully saturated rings. The zero-order valence-electron chi connectivity index (χ0n) is 10.9. The van der Waals surface area contributed by atoms with E-state index in [0.29, 0.717) is 24.9 Å². The molecule has 5 heteroatoms. The van der Waals surface area contributed by atoms with Crippen molar-refractivity contribution in [2.75, 3.05) is 26.2 Å². The van der Waals surface area contributed by atoms with Crippen molar-refractivity contribution in [3.05, 3.63) is 30.3 Å². The Morgan fingerprint density at radius 2 is 2.21 bits per heavy atom. The van der Waals surface area contributed by atoms with E-state index >= 15 is 0 Å². The van der Waals surface area contributed by atoms with Crippen LogP contribution in [-0.4, -0.2) is 48.4 Å². The standard InChI is InChI=1S/C14H20N2O3/c17-10-9-16(11-12-5-4-8-15-12)14(18)19-13-6-2-1-3-7-13/h1-3,6-7,12,15,17H,4-5,8-11H2. The van der Waals surface area contributed by atoms with Gasteiger partial charge >= 0.3 is 6.09 Å². The van der Waals surface area contributed by atoms with E-state index in [4.69, 9.17) is 9.84 Å². The maximum Gasteiger partial charge on any atom is 0.415 e. The molecule has 0 bridgehead atoms. The van der Waals surface area contributed by atoms with Gasteiger partial charge in [0.05, 0.1) is 6.61 Å². The third kappa shape index (κ3) is 4.22. The monoisotopic (exact) mass is 264 g/mol. The van der Waals surface area contributed by atoms with Crippen LogP contribution in [0.1, 0.15) is 12.8 Å². The average Bonchev–Trinajstić information content (AvgIpc) is 2.92. The Kier molecular flexibility index (Phi) is 5.18. The molecule has 1 saturated heterocycles. The molecular weight excluding hydrogens is 244 g/mol. The number of hydrogen-bond acceptors (Lipinski definition) is 4. The fourth-order valence-electron chi connectivity index (χ4n) is 2.21. The van der Waals surface area contributed by atoms with Crippen LogP contribution in [-0.2, 0) is 0 Å². The Hall–Kier alpha value is -1.59. The van der Waals surface area contributed by atoms with Crippen LogP contribution in [0.4, 0.5) is 4.79 Å². The molecule has 1 unspecified atom stereocenters. The van der Waals surface area contributed by atoms with Gasteiger partial charge in [0.25, 0.3) is 0 Å². The molecule has 1 aliphatic heterocycles. The number of carbonyl (C=O) groups excluding carboxylic acids is 1. The van der Waals surface area contributed by atoms with Crippen LogP contribution >= 0.6 is 0 Å². The van der Waals surface area contributed by atoms with Crippen LogP contribution in [0.5, 0.6) is 5.75 Å². The van der Waals surface area contributed by atoms with Gasteiger partial charge in [0, 0.05) is 19.1 Å². The molecule has 104 valence electrons. The number of aliphatic hydroxyl groups excluding tert-OH is 1. The minimum absolute atomic E-state index is 0.0589. The van der Waals surface area contributed by atoms with Gasteiger partial charge in [0.1, 0.15) is 5.75 Å². The molecule has 0 radical (unpaired) electrons. The Labute approximate surface area is 113 Å². The van der Waals surface area contributed by atoms with Crippen LogP contribution in [0.15, 0.2) is 30.3 Å². The van der Waals surface area contributed by atoms with Gasteiger partial charge in [0.15, 0.2) is 0 Å². The van der Waals surface area contributed by atoms with Gasteiger partial charge in [-0.25, -0.2) is 4.79 Å². The highest BCUT2D eigenvalue weighted by Gasteiger charge is 2.22. The number of amides is 1. The van der Waals surface area contributed by atoms with Gasteiger partial charge in [0.2, 0.25) is 0 Å². The van der Waals surface area contributed by atoms with E-state index in [1.165, 1.54) is 0 Å². The van der Waals surface area contributed by atoms with Crippen molar-refractivity contribution in [1.29, 1.82) is 0 Å². The zero-order chi connectivity index (χ0) is 13.5. The van der Waals surface area contributed by atoms with Crippen molar-refractivity contribution in [2.24, 2.45) is 0 Å². The Balaban J connectivity index is 1.91. The van der Waals surface area contributed by atoms with E-state index < -0.39 is 6.09 Å². The summed E-state index contributed by atoms with van der Waals surface area (Å²) >= 11 is 0. The first kappa shape index (κ1) is 13.8. The topological polar surface area (TPSA) is 61.8 Å². The van der Waals surface area contributed by atoms with Crippen LogP contribution < -0.4 is 10.1 Å². The molecule has 0 saturated carbocycles. The number of carbonyl (C=O) groups is 1. The molecule has 0 spiro atoms. The molecule has 1 aromatic carbocycles. The first-order chi connectivity index (χ1) is 9.29. The largest absolute Gasteiger partial charge is 0.415 e. The summed E-state index contributed by atoms with van der Waals surface area (Å²) < 4.78 is 5.29. The summed E-state index contributed by atoms with van der Waals surface area (Å²) in [4.78, 5) is 13.6. The Morgan fingerprint density at radius 1 is 1.42 bits per heavy atom. The number of ether oxygens (including phenoxy) is 1. The van der Waals surface area contributed by atoms with Crippen molar-refractivity contribution >= 4 is 6.09 Å². The van der Waals surface area contributed by atoms with E-state index in [-0.39, 0.29) is 6.61 Å². The van der Waals surface area contributed by atoms with Gasteiger partial charge in [-0.2, -0.15) is 0 Å². The summed E-state index contributed by atoms with van der Waals surface area (Å²) in [6, 6.07) is 9.28. The predicted octanol–water partition coefficient (Wildman–Crippen LogP) is 1.23. The lowest BCUT2D eigenvalue weighted by atomic mass is 10.2. The second-order valence-electron chi connectivity index (χ2n) is 4.64. The highest BCUT2D eigenvalue weighted by Crippen LogP contribution is 2.12. The normalized spacial score (nSPS) is 18.3. The van der Waals surface area contributed by atoms with Gasteiger partial charge < -0.3 is 20.1 Å². The summed E-state index contributed by atoms with van der Waals surface area (Å²) in [7, 11) is 0. The number of para-hydroxylation sites is 1. The first-order valence-corrected chi connectivity index (χ1v) is 6.65. The van der Waals surface area contributed by atoms with Gasteiger partial charge in [-0.3, -0.25) is 0 Å². The van der Waals surface area contributed by atoms with Crippen molar-refractivity contribution in [3.8, 4) is 5.75 Å². The highest BCUT2D eigenvalue weighted by atomic mass is 16.6. The fraction of sp³-hybridized carbons (Fsp3) is 0.500. The summed E-state index contributed by atoms with van der Waals surface area (Å²) in [5.41, 5.74) is 0. The van der Waals surface area contributed by atoms with E-state index in [9.17, 15) is 4.79 Å². The zero-order valence-corrected chi connectivity index (χ0v) is 10.9. The molecule has 1 heterocycles. The SMILES string of the molecule is O=C(Oc1ccccc1)N(CCO)CC1CCCN1. The molecular formula is C14H20N2O3. The summed E-state index contributed by atoms with van der Waals surface area (Å²) in [6.07, 6.45) is 1.78. The number of benzene rings is 1. The van der Waals surface area contributed by atoms with Gasteiger partial charge in [-0.05, 0) is 31.5 Å². The van der Waals surface area contributed by atoms with E-state index in [1.54, 1.807) is 17.0 Å². The summed E-state index contributed by atoms with van der Waals surface area (Å²) in [5, 5.41) is 12.4. The van der Waals surface area contributed by atoms with Crippen LogP contribution in [0.3, 0.4) is 0 Å². The molecule has 5 nitrogen and oxygen atoms in total. The van der Waals surface area contributed by atoms with Crippen molar-refractivity contribution in [3.63, 3.8) is 0 Å².